The van der Waals surface area contributed by atoms with E-state index in [4.69, 9.17) is 0 Å². The van der Waals surface area contributed by atoms with Gasteiger partial charge in [0.2, 0.25) is 17.7 Å². The fourth-order valence-corrected chi connectivity index (χ4v) is 8.09. The smallest absolute Gasteiger partial charge is 0.224 e. The van der Waals surface area contributed by atoms with Gasteiger partial charge in [0.1, 0.15) is 0 Å². The Kier molecular flexibility index (Phi) is 10.1. The van der Waals surface area contributed by atoms with E-state index in [-0.39, 0.29) is 48.4 Å². The van der Waals surface area contributed by atoms with Crippen molar-refractivity contribution in [3.05, 3.63) is 107 Å². The van der Waals surface area contributed by atoms with Crippen LogP contribution in [-0.2, 0) is 33.6 Å². The van der Waals surface area contributed by atoms with Crippen LogP contribution >= 0.6 is 0 Å². The third-order valence-electron chi connectivity index (χ3n) is 10.3. The standard InChI is InChI=1S/C38H45N3O5/c42-30(21-29(19-25-11-5-2-6-12-25)36(44)41-35-31-14-8-7-13-26(31)22-32(35)43)23-40-38(46)34-28-16-15-27(20-28)33(34)37(45)39-18-17-24-9-3-1-4-10-24/h1-14,27-30,32-35,42-43H,15-23H2,(H,39,45)(H,40,46)(H,41,44)/t27-,28-,29+,30+,32-,33-,34-,35?/m1/s1. The molecule has 46 heavy (non-hydrogen) atoms. The first kappa shape index (κ1) is 32.0. The van der Waals surface area contributed by atoms with E-state index in [1.54, 1.807) is 0 Å². The van der Waals surface area contributed by atoms with E-state index in [0.29, 0.717) is 19.4 Å². The van der Waals surface area contributed by atoms with Crippen LogP contribution in [0, 0.1) is 29.6 Å². The molecule has 0 heterocycles. The maximum atomic E-state index is 13.7. The molecule has 5 N–H and O–H groups in total. The lowest BCUT2D eigenvalue weighted by Crippen LogP contribution is -2.47. The number of carbonyl (C=O) groups is 3. The highest BCUT2D eigenvalue weighted by atomic mass is 16.3. The van der Waals surface area contributed by atoms with Gasteiger partial charge in [0.15, 0.2) is 0 Å². The minimum Gasteiger partial charge on any atom is -0.391 e. The van der Waals surface area contributed by atoms with Gasteiger partial charge < -0.3 is 26.2 Å². The van der Waals surface area contributed by atoms with Gasteiger partial charge in [-0.25, -0.2) is 0 Å². The van der Waals surface area contributed by atoms with E-state index in [1.165, 1.54) is 0 Å². The second-order valence-corrected chi connectivity index (χ2v) is 13.4. The fraction of sp³-hybridized carbons (Fsp3) is 0.447. The summed E-state index contributed by atoms with van der Waals surface area (Å²) in [6.07, 6.45) is 2.89. The van der Waals surface area contributed by atoms with Crippen molar-refractivity contribution in [1.29, 1.82) is 0 Å². The van der Waals surface area contributed by atoms with E-state index in [1.807, 2.05) is 84.9 Å². The third-order valence-corrected chi connectivity index (χ3v) is 10.3. The van der Waals surface area contributed by atoms with Crippen LogP contribution in [0.25, 0.3) is 0 Å². The number of aliphatic hydroxyl groups excluding tert-OH is 2. The Labute approximate surface area is 271 Å². The predicted octanol–water partition coefficient (Wildman–Crippen LogP) is 3.51. The molecule has 3 amide bonds. The van der Waals surface area contributed by atoms with Crippen LogP contribution < -0.4 is 16.0 Å². The monoisotopic (exact) mass is 623 g/mol. The molecular weight excluding hydrogens is 578 g/mol. The molecule has 1 unspecified atom stereocenters. The average Bonchev–Trinajstić information content (AvgIpc) is 3.78. The third kappa shape index (κ3) is 7.34. The van der Waals surface area contributed by atoms with Crippen LogP contribution in [0.3, 0.4) is 0 Å². The number of nitrogens with one attached hydrogen (secondary N) is 3. The summed E-state index contributed by atoms with van der Waals surface area (Å²) in [5.74, 6) is -1.45. The van der Waals surface area contributed by atoms with Crippen molar-refractivity contribution in [2.45, 2.75) is 63.2 Å². The molecule has 0 aliphatic heterocycles. The van der Waals surface area contributed by atoms with E-state index in [9.17, 15) is 24.6 Å². The number of hydrogen-bond acceptors (Lipinski definition) is 5. The SMILES string of the molecule is O=C(NC1c2ccccc2C[C@H]1O)[C@@H](Cc1ccccc1)C[C@H](O)CNC(=O)[C@@H]1[C@@H]2CC[C@H](C2)[C@H]1C(=O)NCCc1ccccc1. The van der Waals surface area contributed by atoms with Gasteiger partial charge in [0.05, 0.1) is 30.1 Å². The molecule has 2 fully saturated rings. The molecule has 0 saturated heterocycles. The molecule has 3 aliphatic carbocycles. The second-order valence-electron chi connectivity index (χ2n) is 13.4. The zero-order valence-electron chi connectivity index (χ0n) is 26.2. The quantitative estimate of drug-likeness (QED) is 0.199. The second kappa shape index (κ2) is 14.6. The van der Waals surface area contributed by atoms with Gasteiger partial charge in [-0.3, -0.25) is 14.4 Å². The van der Waals surface area contributed by atoms with Crippen molar-refractivity contribution in [3.63, 3.8) is 0 Å². The summed E-state index contributed by atoms with van der Waals surface area (Å²) < 4.78 is 0. The maximum Gasteiger partial charge on any atom is 0.224 e. The fourth-order valence-electron chi connectivity index (χ4n) is 8.09. The van der Waals surface area contributed by atoms with Gasteiger partial charge in [-0.05, 0) is 72.6 Å². The highest BCUT2D eigenvalue weighted by molar-refractivity contribution is 5.89. The molecule has 8 nitrogen and oxygen atoms in total. The van der Waals surface area contributed by atoms with E-state index >= 15 is 0 Å². The molecule has 2 bridgehead atoms. The Bertz CT molecular complexity index is 1500. The summed E-state index contributed by atoms with van der Waals surface area (Å²) in [6.45, 7) is 0.528. The van der Waals surface area contributed by atoms with E-state index in [0.717, 1.165) is 47.9 Å². The molecule has 2 saturated carbocycles. The Hall–Kier alpha value is -4.01. The normalized spacial score (nSPS) is 25.8. The van der Waals surface area contributed by atoms with Gasteiger partial charge in [-0.1, -0.05) is 84.9 Å². The highest BCUT2D eigenvalue weighted by Gasteiger charge is 2.53. The molecule has 0 aromatic heterocycles. The Morgan fingerprint density at radius 2 is 1.39 bits per heavy atom. The Morgan fingerprint density at radius 3 is 2.09 bits per heavy atom. The van der Waals surface area contributed by atoms with Crippen LogP contribution in [0.5, 0.6) is 0 Å². The van der Waals surface area contributed by atoms with Crippen LogP contribution in [0.15, 0.2) is 84.9 Å². The first-order valence-corrected chi connectivity index (χ1v) is 16.7. The number of carbonyl (C=O) groups excluding carboxylic acids is 3. The van der Waals surface area contributed by atoms with Crippen molar-refractivity contribution >= 4 is 17.7 Å². The summed E-state index contributed by atoms with van der Waals surface area (Å²) >= 11 is 0. The van der Waals surface area contributed by atoms with Gasteiger partial charge >= 0.3 is 0 Å². The van der Waals surface area contributed by atoms with Gasteiger partial charge in [-0.2, -0.15) is 0 Å². The van der Waals surface area contributed by atoms with Gasteiger partial charge in [0.25, 0.3) is 0 Å². The first-order chi connectivity index (χ1) is 22.4. The molecule has 3 aromatic carbocycles. The lowest BCUT2D eigenvalue weighted by Gasteiger charge is -2.30. The number of amides is 3. The average molecular weight is 624 g/mol. The van der Waals surface area contributed by atoms with Gasteiger partial charge in [-0.15, -0.1) is 0 Å². The van der Waals surface area contributed by atoms with Crippen LogP contribution in [0.4, 0.5) is 0 Å². The maximum absolute atomic E-state index is 13.7. The number of aliphatic hydroxyl groups is 2. The van der Waals surface area contributed by atoms with Crippen molar-refractivity contribution in [3.8, 4) is 0 Å². The topological polar surface area (TPSA) is 128 Å². The molecule has 3 aliphatic rings. The lowest BCUT2D eigenvalue weighted by atomic mass is 9.78. The minimum atomic E-state index is -0.957. The van der Waals surface area contributed by atoms with Crippen LogP contribution in [0.2, 0.25) is 0 Å². The Morgan fingerprint density at radius 1 is 0.783 bits per heavy atom. The molecule has 0 radical (unpaired) electrons. The van der Waals surface area contributed by atoms with Gasteiger partial charge in [0, 0.05) is 25.4 Å². The predicted molar refractivity (Wildman–Crippen MR) is 175 cm³/mol. The molecule has 8 heteroatoms. The summed E-state index contributed by atoms with van der Waals surface area (Å²) in [5.41, 5.74) is 4.06. The Balaban J connectivity index is 1.06. The molecule has 8 atom stereocenters. The zero-order valence-corrected chi connectivity index (χ0v) is 26.2. The molecule has 242 valence electrons. The van der Waals surface area contributed by atoms with Crippen LogP contribution in [-0.4, -0.2) is 53.2 Å². The van der Waals surface area contributed by atoms with Crippen molar-refractivity contribution in [1.82, 2.24) is 16.0 Å². The molecular formula is C38H45N3O5. The number of fused-ring (bicyclic) bond motifs is 3. The highest BCUT2D eigenvalue weighted by Crippen LogP contribution is 2.52. The van der Waals surface area contributed by atoms with E-state index < -0.39 is 30.1 Å². The zero-order chi connectivity index (χ0) is 32.0. The number of rotatable bonds is 13. The summed E-state index contributed by atoms with van der Waals surface area (Å²) in [5, 5.41) is 30.9. The van der Waals surface area contributed by atoms with E-state index in [2.05, 4.69) is 16.0 Å². The molecule has 3 aromatic rings. The van der Waals surface area contributed by atoms with Crippen molar-refractivity contribution in [2.24, 2.45) is 29.6 Å². The summed E-state index contributed by atoms with van der Waals surface area (Å²) in [4.78, 5) is 40.5. The summed E-state index contributed by atoms with van der Waals surface area (Å²) in [7, 11) is 0. The lowest BCUT2D eigenvalue weighted by molar-refractivity contribution is -0.137. The largest absolute Gasteiger partial charge is 0.391 e. The van der Waals surface area contributed by atoms with Crippen LogP contribution in [0.1, 0.15) is 54.0 Å². The van der Waals surface area contributed by atoms with Crippen molar-refractivity contribution < 1.29 is 24.6 Å². The molecule has 0 spiro atoms. The number of benzene rings is 3. The summed E-state index contributed by atoms with van der Waals surface area (Å²) in [6, 6.07) is 26.9. The first-order valence-electron chi connectivity index (χ1n) is 16.7. The number of hydrogen-bond donors (Lipinski definition) is 5. The van der Waals surface area contributed by atoms with Crippen molar-refractivity contribution in [2.75, 3.05) is 13.1 Å². The minimum absolute atomic E-state index is 0.00250. The molecule has 6 rings (SSSR count).